The lowest BCUT2D eigenvalue weighted by atomic mass is 10.3. The van der Waals surface area contributed by atoms with Crippen LogP contribution in [-0.2, 0) is 23.1 Å². The fraction of sp³-hybridized carbons (Fsp3) is 0.438. The lowest BCUT2D eigenvalue weighted by molar-refractivity contribution is -0.138. The Kier molecular flexibility index (Phi) is 8.33. The van der Waals surface area contributed by atoms with Gasteiger partial charge < -0.3 is 4.74 Å². The Morgan fingerprint density at radius 3 is 2.04 bits per heavy atom. The number of halogens is 3. The molecular formula is C16H21F3NO5P. The van der Waals surface area contributed by atoms with Crippen molar-refractivity contribution in [1.29, 1.82) is 0 Å². The number of ether oxygens (including phenoxy) is 1. The molecule has 0 aliphatic carbocycles. The molecule has 0 heterocycles. The maximum absolute atomic E-state index is 13.7. The number of para-hydroxylation sites is 1. The van der Waals surface area contributed by atoms with Crippen molar-refractivity contribution in [3.8, 4) is 0 Å². The molecule has 0 spiro atoms. The summed E-state index contributed by atoms with van der Waals surface area (Å²) in [4.78, 5) is 11.7. The number of allylic oxidation sites excluding steroid dienone is 1. The predicted octanol–water partition coefficient (Wildman–Crippen LogP) is 4.68. The van der Waals surface area contributed by atoms with E-state index in [-0.39, 0.29) is 31.6 Å². The fourth-order valence-corrected chi connectivity index (χ4v) is 3.83. The van der Waals surface area contributed by atoms with E-state index in [1.165, 1.54) is 45.0 Å². The molecule has 1 aromatic rings. The maximum Gasteiger partial charge on any atom is 0.439 e. The fourth-order valence-electron chi connectivity index (χ4n) is 2.02. The number of hydrogen-bond donors (Lipinski definition) is 0. The molecule has 0 amide bonds. The Morgan fingerprint density at radius 2 is 1.62 bits per heavy atom. The number of alkyl halides is 3. The Labute approximate surface area is 150 Å². The third kappa shape index (κ3) is 5.86. The van der Waals surface area contributed by atoms with Gasteiger partial charge in [-0.1, -0.05) is 18.2 Å². The second-order valence-electron chi connectivity index (χ2n) is 4.73. The van der Waals surface area contributed by atoms with E-state index in [1.807, 2.05) is 0 Å². The molecule has 0 saturated carbocycles. The van der Waals surface area contributed by atoms with Crippen LogP contribution in [0.1, 0.15) is 20.8 Å². The molecule has 0 N–H and O–H groups in total. The summed E-state index contributed by atoms with van der Waals surface area (Å²) in [5, 5.41) is 0. The molecule has 0 atom stereocenters. The van der Waals surface area contributed by atoms with Crippen molar-refractivity contribution in [2.45, 2.75) is 26.9 Å². The molecular weight excluding hydrogens is 374 g/mol. The summed E-state index contributed by atoms with van der Waals surface area (Å²) in [5.41, 5.74) is -1.61. The van der Waals surface area contributed by atoms with Gasteiger partial charge in [-0.05, 0) is 32.9 Å². The summed E-state index contributed by atoms with van der Waals surface area (Å²) in [6.07, 6.45) is -4.78. The van der Waals surface area contributed by atoms with Crippen LogP contribution >= 0.6 is 7.75 Å². The number of rotatable bonds is 9. The Balaban J connectivity index is 3.64. The molecule has 0 aliphatic rings. The summed E-state index contributed by atoms with van der Waals surface area (Å²) in [6.45, 7) is 3.96. The highest BCUT2D eigenvalue weighted by Crippen LogP contribution is 2.58. The van der Waals surface area contributed by atoms with E-state index in [1.54, 1.807) is 6.07 Å². The molecule has 0 aromatic heterocycles. The lowest BCUT2D eigenvalue weighted by Gasteiger charge is -2.33. The van der Waals surface area contributed by atoms with Crippen LogP contribution in [0, 0.1) is 0 Å². The predicted molar refractivity (Wildman–Crippen MR) is 90.6 cm³/mol. The number of esters is 1. The second kappa shape index (κ2) is 9.75. The van der Waals surface area contributed by atoms with Gasteiger partial charge in [0.1, 0.15) is 5.70 Å². The van der Waals surface area contributed by atoms with Gasteiger partial charge >= 0.3 is 19.9 Å². The van der Waals surface area contributed by atoms with Crippen molar-refractivity contribution in [2.75, 3.05) is 24.5 Å². The second-order valence-corrected chi connectivity index (χ2v) is 6.58. The molecule has 0 unspecified atom stereocenters. The van der Waals surface area contributed by atoms with E-state index in [4.69, 9.17) is 9.05 Å². The molecule has 1 rings (SSSR count). The molecule has 0 fully saturated rings. The monoisotopic (exact) mass is 395 g/mol. The molecule has 0 radical (unpaired) electrons. The summed E-state index contributed by atoms with van der Waals surface area (Å²) >= 11 is 0. The zero-order valence-corrected chi connectivity index (χ0v) is 15.5. The van der Waals surface area contributed by atoms with Crippen molar-refractivity contribution in [1.82, 2.24) is 0 Å². The first-order valence-electron chi connectivity index (χ1n) is 7.90. The number of carbonyl (C=O) groups excluding carboxylic acids is 1. The van der Waals surface area contributed by atoms with E-state index in [2.05, 4.69) is 4.74 Å². The zero-order chi connectivity index (χ0) is 19.8. The normalized spacial score (nSPS) is 12.8. The molecule has 1 aromatic carbocycles. The minimum atomic E-state index is -5.02. The van der Waals surface area contributed by atoms with Gasteiger partial charge in [0, 0.05) is 0 Å². The van der Waals surface area contributed by atoms with Crippen LogP contribution in [-0.4, -0.2) is 32.0 Å². The molecule has 10 heteroatoms. The summed E-state index contributed by atoms with van der Waals surface area (Å²) < 4.78 is 69.4. The average molecular weight is 395 g/mol. The van der Waals surface area contributed by atoms with Gasteiger partial charge in [-0.15, -0.1) is 0 Å². The van der Waals surface area contributed by atoms with Crippen molar-refractivity contribution in [3.05, 3.63) is 42.1 Å². The Morgan fingerprint density at radius 1 is 1.08 bits per heavy atom. The number of benzene rings is 1. The zero-order valence-electron chi connectivity index (χ0n) is 14.7. The third-order valence-corrected chi connectivity index (χ3v) is 5.00. The van der Waals surface area contributed by atoms with Crippen molar-refractivity contribution in [3.63, 3.8) is 0 Å². The molecule has 0 aliphatic heterocycles. The van der Waals surface area contributed by atoms with Crippen LogP contribution in [0.15, 0.2) is 42.1 Å². The van der Waals surface area contributed by atoms with Crippen molar-refractivity contribution < 1.29 is 36.3 Å². The smallest absolute Gasteiger partial charge is 0.439 e. The molecule has 0 saturated heterocycles. The van der Waals surface area contributed by atoms with E-state index < -0.39 is 25.6 Å². The topological polar surface area (TPSA) is 65.1 Å². The first-order valence-corrected chi connectivity index (χ1v) is 9.39. The van der Waals surface area contributed by atoms with Crippen LogP contribution in [0.3, 0.4) is 0 Å². The number of carbonyl (C=O) groups is 1. The maximum atomic E-state index is 13.7. The van der Waals surface area contributed by atoms with Gasteiger partial charge in [0.25, 0.3) is 0 Å². The van der Waals surface area contributed by atoms with Crippen LogP contribution in [0.25, 0.3) is 0 Å². The van der Waals surface area contributed by atoms with E-state index in [9.17, 15) is 22.5 Å². The summed E-state index contributed by atoms with van der Waals surface area (Å²) in [7, 11) is -4.44. The van der Waals surface area contributed by atoms with Crippen LogP contribution in [0.4, 0.5) is 18.9 Å². The average Bonchev–Trinajstić information content (AvgIpc) is 2.55. The molecule has 26 heavy (non-hydrogen) atoms. The molecule has 6 nitrogen and oxygen atoms in total. The van der Waals surface area contributed by atoms with Gasteiger partial charge in [0.05, 0.1) is 31.6 Å². The highest BCUT2D eigenvalue weighted by molar-refractivity contribution is 7.56. The SMILES string of the molecule is CCOC(=O)/C=C(/N(c1ccccc1)P(=O)(OCC)OCC)C(F)(F)F. The van der Waals surface area contributed by atoms with E-state index in [0.717, 1.165) is 0 Å². The minimum absolute atomic E-state index is 0.106. The Bertz CT molecular complexity index is 654. The van der Waals surface area contributed by atoms with Crippen LogP contribution in [0.5, 0.6) is 0 Å². The molecule has 146 valence electrons. The van der Waals surface area contributed by atoms with E-state index >= 15 is 0 Å². The lowest BCUT2D eigenvalue weighted by Crippen LogP contribution is -2.32. The van der Waals surface area contributed by atoms with Gasteiger partial charge in [0.15, 0.2) is 0 Å². The Hall–Kier alpha value is -1.83. The highest BCUT2D eigenvalue weighted by Gasteiger charge is 2.47. The highest BCUT2D eigenvalue weighted by atomic mass is 31.2. The first-order chi connectivity index (χ1) is 12.2. The van der Waals surface area contributed by atoms with E-state index in [0.29, 0.717) is 4.67 Å². The molecule has 0 bridgehead atoms. The quantitative estimate of drug-likeness (QED) is 0.344. The third-order valence-electron chi connectivity index (χ3n) is 2.89. The minimum Gasteiger partial charge on any atom is -0.463 e. The summed E-state index contributed by atoms with van der Waals surface area (Å²) in [6, 6.07) is 7.10. The number of anilines is 1. The van der Waals surface area contributed by atoms with Crippen molar-refractivity contribution >= 4 is 19.4 Å². The van der Waals surface area contributed by atoms with Crippen LogP contribution < -0.4 is 4.67 Å². The van der Waals surface area contributed by atoms with Crippen LogP contribution in [0.2, 0.25) is 0 Å². The van der Waals surface area contributed by atoms with Gasteiger partial charge in [-0.3, -0.25) is 9.05 Å². The number of nitrogens with zero attached hydrogens (tertiary/aromatic N) is 1. The van der Waals surface area contributed by atoms with Gasteiger partial charge in [-0.25, -0.2) is 14.0 Å². The standard InChI is InChI=1S/C16H21F3NO5P/c1-4-23-15(21)12-14(16(17,18)19)20(13-10-8-7-9-11-13)26(22,24-5-2)25-6-3/h7-12H,4-6H2,1-3H3/b14-12+. The summed E-state index contributed by atoms with van der Waals surface area (Å²) in [5.74, 6) is -1.22. The van der Waals surface area contributed by atoms with Gasteiger partial charge in [0.2, 0.25) is 0 Å². The largest absolute Gasteiger partial charge is 0.463 e. The first kappa shape index (κ1) is 22.2. The van der Waals surface area contributed by atoms with Gasteiger partial charge in [-0.2, -0.15) is 13.2 Å². The number of hydrogen-bond acceptors (Lipinski definition) is 5. The van der Waals surface area contributed by atoms with Crippen molar-refractivity contribution in [2.24, 2.45) is 0 Å².